The summed E-state index contributed by atoms with van der Waals surface area (Å²) >= 11 is 0. The Morgan fingerprint density at radius 1 is 1.24 bits per heavy atom. The number of hydrogen-bond acceptors (Lipinski definition) is 4. The summed E-state index contributed by atoms with van der Waals surface area (Å²) in [6, 6.07) is 0. The van der Waals surface area contributed by atoms with E-state index in [9.17, 15) is 4.79 Å². The molecule has 6 nitrogen and oxygen atoms in total. The first-order chi connectivity index (χ1) is 9.69. The minimum absolute atomic E-state index is 0.0531. The van der Waals surface area contributed by atoms with Crippen LogP contribution in [0.4, 0.5) is 5.82 Å². The molecule has 6 heteroatoms. The topological polar surface area (TPSA) is 53.4 Å². The molecule has 21 heavy (non-hydrogen) atoms. The molecule has 1 amide bonds. The van der Waals surface area contributed by atoms with Crippen LogP contribution < -0.4 is 10.2 Å². The van der Waals surface area contributed by atoms with E-state index in [0.29, 0.717) is 6.54 Å². The third-order valence-electron chi connectivity index (χ3n) is 3.87. The maximum Gasteiger partial charge on any atom is 0.241 e. The smallest absolute Gasteiger partial charge is 0.241 e. The second kappa shape index (κ2) is 5.67. The Bertz CT molecular complexity index is 529. The van der Waals surface area contributed by atoms with Crippen LogP contribution in [0.15, 0.2) is 0 Å². The van der Waals surface area contributed by atoms with E-state index in [1.807, 2.05) is 25.7 Å². The van der Waals surface area contributed by atoms with E-state index in [4.69, 9.17) is 0 Å². The molecule has 0 unspecified atom stereocenters. The molecule has 0 radical (unpaired) electrons. The van der Waals surface area contributed by atoms with E-state index >= 15 is 0 Å². The van der Waals surface area contributed by atoms with E-state index in [-0.39, 0.29) is 11.4 Å². The van der Waals surface area contributed by atoms with Crippen molar-refractivity contribution < 1.29 is 4.79 Å². The number of aryl methyl sites for hydroxylation is 2. The van der Waals surface area contributed by atoms with Crippen molar-refractivity contribution in [3.05, 3.63) is 11.3 Å². The highest BCUT2D eigenvalue weighted by Gasteiger charge is 2.26. The van der Waals surface area contributed by atoms with Gasteiger partial charge in [-0.25, -0.2) is 0 Å². The highest BCUT2D eigenvalue weighted by atomic mass is 16.2. The van der Waals surface area contributed by atoms with Gasteiger partial charge in [0.15, 0.2) is 0 Å². The summed E-state index contributed by atoms with van der Waals surface area (Å²) in [5.41, 5.74) is 2.26. The molecule has 1 aliphatic heterocycles. The molecule has 0 aliphatic carbocycles. The Morgan fingerprint density at radius 3 is 2.48 bits per heavy atom. The molecular formula is C15H27N5O. The number of anilines is 1. The van der Waals surface area contributed by atoms with Gasteiger partial charge in [-0.3, -0.25) is 9.48 Å². The van der Waals surface area contributed by atoms with Crippen LogP contribution in [0.2, 0.25) is 0 Å². The average Bonchev–Trinajstić information content (AvgIpc) is 2.64. The zero-order valence-electron chi connectivity index (χ0n) is 14.0. The zero-order chi connectivity index (χ0) is 15.8. The number of carbonyl (C=O) groups excluding carboxylic acids is 1. The van der Waals surface area contributed by atoms with Crippen LogP contribution in [0.3, 0.4) is 0 Å². The number of hydrogen-bond donors (Lipinski definition) is 1. The van der Waals surface area contributed by atoms with E-state index in [0.717, 1.165) is 31.1 Å². The number of aromatic nitrogens is 2. The van der Waals surface area contributed by atoms with Crippen LogP contribution in [0.1, 0.15) is 32.0 Å². The fourth-order valence-electron chi connectivity index (χ4n) is 2.59. The maximum absolute atomic E-state index is 12.0. The van der Waals surface area contributed by atoms with Gasteiger partial charge < -0.3 is 15.1 Å². The van der Waals surface area contributed by atoms with E-state index < -0.39 is 0 Å². The Morgan fingerprint density at radius 2 is 1.90 bits per heavy atom. The second-order valence-corrected chi connectivity index (χ2v) is 6.85. The van der Waals surface area contributed by atoms with Gasteiger partial charge in [-0.2, -0.15) is 5.10 Å². The lowest BCUT2D eigenvalue weighted by molar-refractivity contribution is -0.129. The molecule has 1 aromatic rings. The normalized spacial score (nSPS) is 16.8. The van der Waals surface area contributed by atoms with Gasteiger partial charge in [0.25, 0.3) is 0 Å². The summed E-state index contributed by atoms with van der Waals surface area (Å²) < 4.78 is 1.90. The fraction of sp³-hybridized carbons (Fsp3) is 0.733. The van der Waals surface area contributed by atoms with Crippen molar-refractivity contribution in [2.75, 3.05) is 31.6 Å². The van der Waals surface area contributed by atoms with E-state index in [2.05, 4.69) is 36.1 Å². The molecule has 2 rings (SSSR count). The first-order valence-corrected chi connectivity index (χ1v) is 7.45. The lowest BCUT2D eigenvalue weighted by Gasteiger charge is -2.34. The van der Waals surface area contributed by atoms with Crippen LogP contribution in [0.25, 0.3) is 0 Å². The first kappa shape index (κ1) is 15.8. The van der Waals surface area contributed by atoms with Crippen LogP contribution in [-0.2, 0) is 18.4 Å². The molecule has 1 aliphatic rings. The van der Waals surface area contributed by atoms with Gasteiger partial charge in [0.05, 0.1) is 12.2 Å². The van der Waals surface area contributed by atoms with Gasteiger partial charge in [-0.1, -0.05) is 0 Å². The number of rotatable bonds is 3. The summed E-state index contributed by atoms with van der Waals surface area (Å²) in [6.45, 7) is 11.3. The van der Waals surface area contributed by atoms with Crippen molar-refractivity contribution in [3.8, 4) is 0 Å². The van der Waals surface area contributed by atoms with Crippen LogP contribution in [0.5, 0.6) is 0 Å². The molecule has 0 atom stereocenters. The molecule has 1 aromatic heterocycles. The van der Waals surface area contributed by atoms with Crippen molar-refractivity contribution in [1.29, 1.82) is 0 Å². The lowest BCUT2D eigenvalue weighted by Crippen LogP contribution is -2.49. The third kappa shape index (κ3) is 3.56. The van der Waals surface area contributed by atoms with Gasteiger partial charge >= 0.3 is 0 Å². The van der Waals surface area contributed by atoms with Gasteiger partial charge in [0, 0.05) is 44.8 Å². The minimum Gasteiger partial charge on any atom is -0.345 e. The Labute approximate surface area is 127 Å². The summed E-state index contributed by atoms with van der Waals surface area (Å²) in [4.78, 5) is 15.9. The van der Waals surface area contributed by atoms with Crippen molar-refractivity contribution in [2.24, 2.45) is 7.05 Å². The lowest BCUT2D eigenvalue weighted by atomic mass is 10.1. The first-order valence-electron chi connectivity index (χ1n) is 7.45. The number of carbonyl (C=O) groups is 1. The summed E-state index contributed by atoms with van der Waals surface area (Å²) in [6.07, 6.45) is 0. The van der Waals surface area contributed by atoms with Crippen molar-refractivity contribution >= 4 is 11.7 Å². The van der Waals surface area contributed by atoms with Gasteiger partial charge in [-0.05, 0) is 27.7 Å². The van der Waals surface area contributed by atoms with E-state index in [1.165, 1.54) is 5.56 Å². The molecule has 1 N–H and O–H groups in total. The number of nitrogens with one attached hydrogen (secondary N) is 1. The standard InChI is InChI=1S/C15H27N5O/c1-11-12(9-16-15(2,3)4)14(19(6)17-11)20-8-7-18(5)13(21)10-20/h16H,7-10H2,1-6H3. The summed E-state index contributed by atoms with van der Waals surface area (Å²) in [5.74, 6) is 1.22. The average molecular weight is 293 g/mol. The summed E-state index contributed by atoms with van der Waals surface area (Å²) in [7, 11) is 3.81. The molecule has 0 aromatic carbocycles. The molecule has 118 valence electrons. The Balaban J connectivity index is 2.24. The zero-order valence-corrected chi connectivity index (χ0v) is 14.0. The predicted molar refractivity (Wildman–Crippen MR) is 84.4 cm³/mol. The monoisotopic (exact) mass is 293 g/mol. The van der Waals surface area contributed by atoms with Crippen molar-refractivity contribution in [2.45, 2.75) is 39.8 Å². The SMILES string of the molecule is Cc1nn(C)c(N2CCN(C)C(=O)C2)c1CNC(C)(C)C. The van der Waals surface area contributed by atoms with Crippen LogP contribution in [0, 0.1) is 6.92 Å². The third-order valence-corrected chi connectivity index (χ3v) is 3.87. The summed E-state index contributed by atoms with van der Waals surface area (Å²) in [5, 5.41) is 8.06. The number of piperazine rings is 1. The van der Waals surface area contributed by atoms with Crippen LogP contribution >= 0.6 is 0 Å². The predicted octanol–water partition coefficient (Wildman–Crippen LogP) is 0.895. The van der Waals surface area contributed by atoms with E-state index in [1.54, 1.807) is 4.90 Å². The van der Waals surface area contributed by atoms with Gasteiger partial charge in [0.1, 0.15) is 5.82 Å². The van der Waals surface area contributed by atoms with Crippen LogP contribution in [-0.4, -0.2) is 52.8 Å². The molecular weight excluding hydrogens is 266 g/mol. The number of amides is 1. The minimum atomic E-state index is 0.0531. The molecule has 0 saturated carbocycles. The van der Waals surface area contributed by atoms with Crippen molar-refractivity contribution in [1.82, 2.24) is 20.0 Å². The largest absolute Gasteiger partial charge is 0.345 e. The number of likely N-dealkylation sites (N-methyl/N-ethyl adjacent to an activating group) is 1. The fourth-order valence-corrected chi connectivity index (χ4v) is 2.59. The molecule has 1 saturated heterocycles. The van der Waals surface area contributed by atoms with Gasteiger partial charge in [0.2, 0.25) is 5.91 Å². The Kier molecular flexibility index (Phi) is 4.27. The highest BCUT2D eigenvalue weighted by molar-refractivity contribution is 5.82. The maximum atomic E-state index is 12.0. The molecule has 2 heterocycles. The highest BCUT2D eigenvalue weighted by Crippen LogP contribution is 2.25. The molecule has 0 bridgehead atoms. The quantitative estimate of drug-likeness (QED) is 0.899. The van der Waals surface area contributed by atoms with Crippen molar-refractivity contribution in [3.63, 3.8) is 0 Å². The number of nitrogens with zero attached hydrogens (tertiary/aromatic N) is 4. The van der Waals surface area contributed by atoms with Gasteiger partial charge in [-0.15, -0.1) is 0 Å². The second-order valence-electron chi connectivity index (χ2n) is 6.85. The molecule has 0 spiro atoms. The molecule has 1 fully saturated rings. The Hall–Kier alpha value is -1.56.